The molecule has 44 heavy (non-hydrogen) atoms. The van der Waals surface area contributed by atoms with Crippen molar-refractivity contribution < 1.29 is 28.6 Å². The number of ether oxygens (including phenoxy) is 3. The van der Waals surface area contributed by atoms with E-state index in [0.717, 1.165) is 28.5 Å². The van der Waals surface area contributed by atoms with Crippen molar-refractivity contribution in [3.63, 3.8) is 0 Å². The number of amides is 1. The third-order valence-corrected chi connectivity index (χ3v) is 7.32. The maximum atomic E-state index is 12.4. The van der Waals surface area contributed by atoms with Crippen molar-refractivity contribution in [2.45, 2.75) is 57.8 Å². The van der Waals surface area contributed by atoms with Gasteiger partial charge in [-0.25, -0.2) is 14.6 Å². The monoisotopic (exact) mass is 597 g/mol. The topological polar surface area (TPSA) is 99.2 Å². The van der Waals surface area contributed by atoms with Gasteiger partial charge >= 0.3 is 12.2 Å². The Morgan fingerprint density at radius 2 is 1.68 bits per heavy atom. The fourth-order valence-electron chi connectivity index (χ4n) is 5.20. The lowest BCUT2D eigenvalue weighted by Gasteiger charge is -2.37. The number of rotatable bonds is 9. The van der Waals surface area contributed by atoms with E-state index in [4.69, 9.17) is 19.0 Å². The van der Waals surface area contributed by atoms with E-state index in [9.17, 15) is 9.59 Å². The highest BCUT2D eigenvalue weighted by Crippen LogP contribution is 2.32. The first kappa shape index (κ1) is 31.0. The van der Waals surface area contributed by atoms with Crippen LogP contribution in [0.2, 0.25) is 0 Å². The first-order valence-electron chi connectivity index (χ1n) is 14.9. The number of carbonyl (C=O) groups is 2. The number of nitrogens with one attached hydrogen (secondary N) is 1. The van der Waals surface area contributed by atoms with Crippen molar-refractivity contribution in [1.82, 2.24) is 10.0 Å². The Morgan fingerprint density at radius 1 is 0.932 bits per heavy atom. The number of hydrogen-bond acceptors (Lipinski definition) is 8. The number of benzene rings is 3. The number of pyridine rings is 1. The Hall–Kier alpha value is -4.47. The summed E-state index contributed by atoms with van der Waals surface area (Å²) in [5, 5.41) is 6.60. The lowest BCUT2D eigenvalue weighted by molar-refractivity contribution is -0.179. The molecule has 4 aromatic rings. The Balaban J connectivity index is 1.21. The molecular weight excluding hydrogens is 558 g/mol. The summed E-state index contributed by atoms with van der Waals surface area (Å²) in [6.07, 6.45) is 1.45. The van der Waals surface area contributed by atoms with Crippen LogP contribution in [-0.2, 0) is 32.1 Å². The summed E-state index contributed by atoms with van der Waals surface area (Å²) < 4.78 is 17.2. The molecule has 1 N–H and O–H groups in total. The van der Waals surface area contributed by atoms with Gasteiger partial charge in [0, 0.05) is 25.1 Å². The quantitative estimate of drug-likeness (QED) is 0.201. The second-order valence-electron chi connectivity index (χ2n) is 11.8. The standard InChI is InChI=1S/C35H39N3O6/c1-35(2,3)43-34(40)44-38-20-17-30(31(23-38)42-24-26-13-14-27-8-4-5-9-29(27)22-26)28-15-11-25(12-16-28)18-21-41-33(39)37-32-10-6-7-19-36-32/h4-16,19,22,30-31H,17-18,20-21,23-24H2,1-3H3,(H,36,37,39). The van der Waals surface area contributed by atoms with Crippen LogP contribution in [0.5, 0.6) is 0 Å². The molecule has 0 spiro atoms. The normalized spacial score (nSPS) is 17.2. The summed E-state index contributed by atoms with van der Waals surface area (Å²) in [6.45, 7) is 7.07. The van der Waals surface area contributed by atoms with Crippen LogP contribution >= 0.6 is 0 Å². The van der Waals surface area contributed by atoms with E-state index in [1.807, 2.05) is 32.9 Å². The van der Waals surface area contributed by atoms with Gasteiger partial charge in [-0.15, -0.1) is 5.06 Å². The maximum absolute atomic E-state index is 12.4. The van der Waals surface area contributed by atoms with Crippen molar-refractivity contribution in [2.24, 2.45) is 0 Å². The van der Waals surface area contributed by atoms with Crippen molar-refractivity contribution in [2.75, 3.05) is 25.0 Å². The summed E-state index contributed by atoms with van der Waals surface area (Å²) >= 11 is 0. The molecule has 0 bridgehead atoms. The molecule has 9 nitrogen and oxygen atoms in total. The van der Waals surface area contributed by atoms with E-state index >= 15 is 0 Å². The summed E-state index contributed by atoms with van der Waals surface area (Å²) in [5.74, 6) is 0.546. The molecule has 1 amide bonds. The zero-order valence-corrected chi connectivity index (χ0v) is 25.4. The van der Waals surface area contributed by atoms with Crippen LogP contribution < -0.4 is 5.32 Å². The lowest BCUT2D eigenvalue weighted by atomic mass is 9.87. The van der Waals surface area contributed by atoms with Gasteiger partial charge in [0.15, 0.2) is 0 Å². The van der Waals surface area contributed by atoms with Gasteiger partial charge in [-0.3, -0.25) is 5.32 Å². The minimum absolute atomic E-state index is 0.100. The zero-order chi connectivity index (χ0) is 30.9. The summed E-state index contributed by atoms with van der Waals surface area (Å²) in [6, 6.07) is 28.2. The van der Waals surface area contributed by atoms with E-state index in [0.29, 0.717) is 31.9 Å². The first-order valence-corrected chi connectivity index (χ1v) is 14.9. The molecule has 2 atom stereocenters. The molecule has 2 unspecified atom stereocenters. The molecule has 5 rings (SSSR count). The van der Waals surface area contributed by atoms with Crippen LogP contribution in [0.1, 0.15) is 49.8 Å². The molecule has 1 saturated heterocycles. The number of aromatic nitrogens is 1. The van der Waals surface area contributed by atoms with Crippen LogP contribution in [0.4, 0.5) is 15.4 Å². The zero-order valence-electron chi connectivity index (χ0n) is 25.4. The van der Waals surface area contributed by atoms with Crippen molar-refractivity contribution in [3.05, 3.63) is 108 Å². The van der Waals surface area contributed by atoms with Gasteiger partial charge in [-0.05, 0) is 72.9 Å². The molecular formula is C35H39N3O6. The molecule has 1 aromatic heterocycles. The van der Waals surface area contributed by atoms with Gasteiger partial charge in [-0.1, -0.05) is 66.7 Å². The predicted octanol–water partition coefficient (Wildman–Crippen LogP) is 7.27. The third-order valence-electron chi connectivity index (χ3n) is 7.32. The smallest absolute Gasteiger partial charge is 0.449 e. The van der Waals surface area contributed by atoms with Gasteiger partial charge in [-0.2, -0.15) is 0 Å². The third kappa shape index (κ3) is 9.02. The van der Waals surface area contributed by atoms with E-state index in [1.165, 1.54) is 5.39 Å². The number of piperidine rings is 1. The van der Waals surface area contributed by atoms with Crippen molar-refractivity contribution >= 4 is 28.8 Å². The lowest BCUT2D eigenvalue weighted by Crippen LogP contribution is -2.45. The van der Waals surface area contributed by atoms with Gasteiger partial charge in [0.25, 0.3) is 0 Å². The molecule has 230 valence electrons. The Morgan fingerprint density at radius 3 is 2.43 bits per heavy atom. The molecule has 0 aliphatic carbocycles. The SMILES string of the molecule is CC(C)(C)OC(=O)ON1CCC(c2ccc(CCOC(=O)Nc3ccccn3)cc2)C(OCc2ccc3ccccc3c2)C1. The number of hydrogen-bond donors (Lipinski definition) is 1. The number of anilines is 1. The summed E-state index contributed by atoms with van der Waals surface area (Å²) in [5.41, 5.74) is 2.63. The van der Waals surface area contributed by atoms with Crippen LogP contribution in [-0.4, -0.2) is 53.7 Å². The van der Waals surface area contributed by atoms with Crippen LogP contribution in [0.15, 0.2) is 91.1 Å². The highest BCUT2D eigenvalue weighted by molar-refractivity contribution is 5.83. The van der Waals surface area contributed by atoms with E-state index in [1.54, 1.807) is 29.5 Å². The van der Waals surface area contributed by atoms with Gasteiger partial charge in [0.05, 0.1) is 25.9 Å². The second kappa shape index (κ2) is 14.3. The Bertz CT molecular complexity index is 1540. The molecule has 1 aliphatic rings. The Labute approximate surface area is 258 Å². The van der Waals surface area contributed by atoms with E-state index < -0.39 is 17.8 Å². The fraction of sp³-hybridized carbons (Fsp3) is 0.343. The largest absolute Gasteiger partial charge is 0.528 e. The molecule has 9 heteroatoms. The first-order chi connectivity index (χ1) is 21.2. The molecule has 0 saturated carbocycles. The minimum atomic E-state index is -0.718. The highest BCUT2D eigenvalue weighted by Gasteiger charge is 2.34. The summed E-state index contributed by atoms with van der Waals surface area (Å²) in [7, 11) is 0. The van der Waals surface area contributed by atoms with Gasteiger partial charge < -0.3 is 19.0 Å². The number of carbonyl (C=O) groups excluding carboxylic acids is 2. The predicted molar refractivity (Wildman–Crippen MR) is 168 cm³/mol. The molecule has 1 aliphatic heterocycles. The van der Waals surface area contributed by atoms with Crippen LogP contribution in [0.3, 0.4) is 0 Å². The van der Waals surface area contributed by atoms with Crippen molar-refractivity contribution in [1.29, 1.82) is 0 Å². The van der Waals surface area contributed by atoms with Gasteiger partial charge in [0.2, 0.25) is 0 Å². The molecule has 3 aromatic carbocycles. The highest BCUT2D eigenvalue weighted by atomic mass is 16.8. The second-order valence-corrected chi connectivity index (χ2v) is 11.8. The van der Waals surface area contributed by atoms with Crippen LogP contribution in [0.25, 0.3) is 10.8 Å². The van der Waals surface area contributed by atoms with Crippen molar-refractivity contribution in [3.8, 4) is 0 Å². The summed E-state index contributed by atoms with van der Waals surface area (Å²) in [4.78, 5) is 34.1. The van der Waals surface area contributed by atoms with E-state index in [-0.39, 0.29) is 18.6 Å². The molecule has 0 radical (unpaired) electrons. The number of nitrogens with zero attached hydrogens (tertiary/aromatic N) is 2. The molecule has 1 fully saturated rings. The maximum Gasteiger partial charge on any atom is 0.528 e. The van der Waals surface area contributed by atoms with Crippen LogP contribution in [0, 0.1) is 0 Å². The number of fused-ring (bicyclic) bond motifs is 1. The van der Waals surface area contributed by atoms with E-state index in [2.05, 4.69) is 64.9 Å². The average molecular weight is 598 g/mol. The Kier molecular flexibility index (Phi) is 10.1. The minimum Gasteiger partial charge on any atom is -0.449 e. The average Bonchev–Trinajstić information content (AvgIpc) is 3.00. The molecule has 2 heterocycles. The fourth-order valence-corrected chi connectivity index (χ4v) is 5.20. The van der Waals surface area contributed by atoms with Gasteiger partial charge in [0.1, 0.15) is 11.4 Å². The number of hydroxylamine groups is 2.